The number of rotatable bonds is 2. The average molecular weight is 243 g/mol. The predicted octanol–water partition coefficient (Wildman–Crippen LogP) is 3.90. The van der Waals surface area contributed by atoms with Gasteiger partial charge in [0.2, 0.25) is 0 Å². The summed E-state index contributed by atoms with van der Waals surface area (Å²) in [7, 11) is 0. The molecular weight excluding hydrogens is 222 g/mol. The minimum absolute atomic E-state index is 0.150. The van der Waals surface area contributed by atoms with E-state index in [-0.39, 0.29) is 5.41 Å². The second-order valence-electron chi connectivity index (χ2n) is 5.69. The molecule has 18 heavy (non-hydrogen) atoms. The molecule has 1 aliphatic rings. The van der Waals surface area contributed by atoms with Crippen LogP contribution < -0.4 is 5.73 Å². The van der Waals surface area contributed by atoms with E-state index in [1.807, 2.05) is 6.26 Å². The van der Waals surface area contributed by atoms with E-state index in [1.165, 1.54) is 48.6 Å². The molecule has 1 aliphatic carbocycles. The molecule has 1 aromatic heterocycles. The van der Waals surface area contributed by atoms with Gasteiger partial charge in [-0.3, -0.25) is 0 Å². The summed E-state index contributed by atoms with van der Waals surface area (Å²) in [5.74, 6) is 0. The fraction of sp³-hybridized carbons (Fsp3) is 0.500. The van der Waals surface area contributed by atoms with Crippen LogP contribution in [0.1, 0.15) is 43.2 Å². The normalized spacial score (nSPS) is 19.2. The lowest BCUT2D eigenvalue weighted by Crippen LogP contribution is -2.36. The first kappa shape index (κ1) is 11.8. The molecule has 3 rings (SSSR count). The average Bonchev–Trinajstić information content (AvgIpc) is 2.83. The van der Waals surface area contributed by atoms with E-state index in [1.54, 1.807) is 0 Å². The van der Waals surface area contributed by atoms with Gasteiger partial charge in [0.1, 0.15) is 5.58 Å². The highest BCUT2D eigenvalue weighted by Crippen LogP contribution is 2.42. The first-order valence-electron chi connectivity index (χ1n) is 6.94. The van der Waals surface area contributed by atoms with Gasteiger partial charge in [0.05, 0.1) is 6.26 Å². The van der Waals surface area contributed by atoms with E-state index in [2.05, 4.69) is 25.1 Å². The van der Waals surface area contributed by atoms with Crippen molar-refractivity contribution in [1.82, 2.24) is 0 Å². The van der Waals surface area contributed by atoms with Gasteiger partial charge in [-0.1, -0.05) is 30.9 Å². The van der Waals surface area contributed by atoms with Crippen LogP contribution in [0.2, 0.25) is 0 Å². The molecule has 0 aliphatic heterocycles. The quantitative estimate of drug-likeness (QED) is 0.868. The Balaban J connectivity index is 2.14. The summed E-state index contributed by atoms with van der Waals surface area (Å²) in [5.41, 5.74) is 9.88. The third-order valence-corrected chi connectivity index (χ3v) is 4.50. The van der Waals surface area contributed by atoms with Gasteiger partial charge >= 0.3 is 0 Å². The Labute approximate surface area is 108 Å². The highest BCUT2D eigenvalue weighted by molar-refractivity contribution is 5.83. The van der Waals surface area contributed by atoms with Gasteiger partial charge in [-0.2, -0.15) is 0 Å². The lowest BCUT2D eigenvalue weighted by Gasteiger charge is -2.35. The maximum Gasteiger partial charge on any atom is 0.134 e. The van der Waals surface area contributed by atoms with Gasteiger partial charge < -0.3 is 10.2 Å². The lowest BCUT2D eigenvalue weighted by molar-refractivity contribution is 0.300. The van der Waals surface area contributed by atoms with E-state index < -0.39 is 0 Å². The monoisotopic (exact) mass is 243 g/mol. The third-order valence-electron chi connectivity index (χ3n) is 4.50. The zero-order valence-corrected chi connectivity index (χ0v) is 11.0. The van der Waals surface area contributed by atoms with Crippen molar-refractivity contribution in [2.45, 2.75) is 44.4 Å². The van der Waals surface area contributed by atoms with Crippen molar-refractivity contribution < 1.29 is 4.42 Å². The van der Waals surface area contributed by atoms with Gasteiger partial charge in [-0.05, 0) is 31.9 Å². The van der Waals surface area contributed by atoms with Gasteiger partial charge in [-0.25, -0.2) is 0 Å². The summed E-state index contributed by atoms with van der Waals surface area (Å²) >= 11 is 0. The molecule has 2 heteroatoms. The zero-order valence-electron chi connectivity index (χ0n) is 11.0. The fourth-order valence-electron chi connectivity index (χ4n) is 3.37. The van der Waals surface area contributed by atoms with Crippen molar-refractivity contribution in [3.63, 3.8) is 0 Å². The molecule has 0 radical (unpaired) electrons. The topological polar surface area (TPSA) is 39.2 Å². The van der Waals surface area contributed by atoms with Crippen molar-refractivity contribution in [2.24, 2.45) is 5.73 Å². The van der Waals surface area contributed by atoms with Crippen LogP contribution in [-0.4, -0.2) is 6.54 Å². The number of hydrogen-bond acceptors (Lipinski definition) is 2. The summed E-state index contributed by atoms with van der Waals surface area (Å²) in [6.45, 7) is 2.86. The minimum atomic E-state index is 0.150. The van der Waals surface area contributed by atoms with E-state index in [4.69, 9.17) is 10.2 Å². The smallest absolute Gasteiger partial charge is 0.134 e. The predicted molar refractivity (Wildman–Crippen MR) is 74.8 cm³/mol. The van der Waals surface area contributed by atoms with Crippen LogP contribution in [0, 0.1) is 6.92 Å². The maximum absolute atomic E-state index is 6.12. The molecule has 1 fully saturated rings. The Morgan fingerprint density at radius 2 is 2.00 bits per heavy atom. The van der Waals surface area contributed by atoms with Crippen molar-refractivity contribution >= 4 is 11.0 Å². The zero-order chi connectivity index (χ0) is 12.6. The largest absolute Gasteiger partial charge is 0.464 e. The van der Waals surface area contributed by atoms with E-state index in [0.717, 1.165) is 12.1 Å². The summed E-state index contributed by atoms with van der Waals surface area (Å²) in [6, 6.07) is 6.41. The SMILES string of the molecule is Cc1ccc2occ(C3(CN)CCCCC3)c2c1. The Kier molecular flexibility index (Phi) is 2.90. The molecule has 1 heterocycles. The number of hydrogen-bond donors (Lipinski definition) is 1. The minimum Gasteiger partial charge on any atom is -0.464 e. The molecule has 0 atom stereocenters. The molecule has 0 amide bonds. The first-order valence-corrected chi connectivity index (χ1v) is 6.94. The Hall–Kier alpha value is -1.28. The fourth-order valence-corrected chi connectivity index (χ4v) is 3.37. The van der Waals surface area contributed by atoms with Gasteiger partial charge in [0.15, 0.2) is 0 Å². The van der Waals surface area contributed by atoms with Crippen molar-refractivity contribution in [1.29, 1.82) is 0 Å². The number of benzene rings is 1. The standard InChI is InChI=1S/C16H21NO/c1-12-5-6-15-13(9-12)14(10-18-15)16(11-17)7-3-2-4-8-16/h5-6,9-10H,2-4,7-8,11,17H2,1H3. The molecule has 0 bridgehead atoms. The summed E-state index contributed by atoms with van der Waals surface area (Å²) < 4.78 is 5.73. The van der Waals surface area contributed by atoms with Crippen molar-refractivity contribution in [3.05, 3.63) is 35.6 Å². The highest BCUT2D eigenvalue weighted by atomic mass is 16.3. The van der Waals surface area contributed by atoms with Crippen LogP contribution >= 0.6 is 0 Å². The molecule has 0 unspecified atom stereocenters. The lowest BCUT2D eigenvalue weighted by atomic mass is 9.69. The van der Waals surface area contributed by atoms with Crippen LogP contribution in [0.25, 0.3) is 11.0 Å². The second kappa shape index (κ2) is 4.43. The molecule has 2 N–H and O–H groups in total. The number of furan rings is 1. The Bertz CT molecular complexity index is 549. The van der Waals surface area contributed by atoms with E-state index in [0.29, 0.717) is 0 Å². The summed E-state index contributed by atoms with van der Waals surface area (Å²) in [6.07, 6.45) is 8.27. The van der Waals surface area contributed by atoms with Crippen molar-refractivity contribution in [3.8, 4) is 0 Å². The molecule has 2 nitrogen and oxygen atoms in total. The van der Waals surface area contributed by atoms with Crippen LogP contribution in [0.4, 0.5) is 0 Å². The Morgan fingerprint density at radius 1 is 1.22 bits per heavy atom. The number of nitrogens with two attached hydrogens (primary N) is 1. The molecule has 96 valence electrons. The molecule has 1 saturated carbocycles. The number of fused-ring (bicyclic) bond motifs is 1. The van der Waals surface area contributed by atoms with Gasteiger partial charge in [0, 0.05) is 22.9 Å². The molecule has 2 aromatic rings. The summed E-state index contributed by atoms with van der Waals surface area (Å²) in [5, 5.41) is 1.27. The molecule has 0 saturated heterocycles. The van der Waals surface area contributed by atoms with Crippen LogP contribution in [0.3, 0.4) is 0 Å². The van der Waals surface area contributed by atoms with E-state index >= 15 is 0 Å². The second-order valence-corrected chi connectivity index (χ2v) is 5.69. The van der Waals surface area contributed by atoms with Crippen LogP contribution in [-0.2, 0) is 5.41 Å². The maximum atomic E-state index is 6.12. The van der Waals surface area contributed by atoms with Crippen molar-refractivity contribution in [2.75, 3.05) is 6.54 Å². The van der Waals surface area contributed by atoms with Gasteiger partial charge in [-0.15, -0.1) is 0 Å². The highest BCUT2D eigenvalue weighted by Gasteiger charge is 2.35. The summed E-state index contributed by atoms with van der Waals surface area (Å²) in [4.78, 5) is 0. The van der Waals surface area contributed by atoms with Crippen LogP contribution in [0.5, 0.6) is 0 Å². The van der Waals surface area contributed by atoms with Crippen LogP contribution in [0.15, 0.2) is 28.9 Å². The molecule has 0 spiro atoms. The van der Waals surface area contributed by atoms with E-state index in [9.17, 15) is 0 Å². The molecule has 1 aromatic carbocycles. The Morgan fingerprint density at radius 3 is 2.72 bits per heavy atom. The van der Waals surface area contributed by atoms with Gasteiger partial charge in [0.25, 0.3) is 0 Å². The first-order chi connectivity index (χ1) is 8.75. The molecular formula is C16H21NO. The number of aryl methyl sites for hydroxylation is 1. The third kappa shape index (κ3) is 1.76.